The smallest absolute Gasteiger partial charge is 0.0753 e. The molecular weight excluding hydrogens is 248 g/mol. The Kier molecular flexibility index (Phi) is 5.19. The first-order valence-electron chi connectivity index (χ1n) is 7.67. The summed E-state index contributed by atoms with van der Waals surface area (Å²) in [5, 5.41) is 3.63. The Labute approximate surface area is 123 Å². The van der Waals surface area contributed by atoms with Gasteiger partial charge in [0.15, 0.2) is 0 Å². The molecule has 20 heavy (non-hydrogen) atoms. The van der Waals surface area contributed by atoms with Gasteiger partial charge in [0.25, 0.3) is 0 Å². The van der Waals surface area contributed by atoms with Crippen LogP contribution in [0.15, 0.2) is 24.3 Å². The van der Waals surface area contributed by atoms with E-state index in [4.69, 9.17) is 4.74 Å². The van der Waals surface area contributed by atoms with Crippen molar-refractivity contribution < 1.29 is 4.74 Å². The molecule has 0 saturated carbocycles. The van der Waals surface area contributed by atoms with Gasteiger partial charge >= 0.3 is 0 Å². The number of morpholine rings is 1. The van der Waals surface area contributed by atoms with Gasteiger partial charge in [-0.25, -0.2) is 0 Å². The van der Waals surface area contributed by atoms with Gasteiger partial charge in [0.05, 0.1) is 12.2 Å². The van der Waals surface area contributed by atoms with E-state index in [2.05, 4.69) is 62.2 Å². The average Bonchev–Trinajstić information content (AvgIpc) is 2.38. The van der Waals surface area contributed by atoms with Crippen LogP contribution in [0.3, 0.4) is 0 Å². The topological polar surface area (TPSA) is 24.5 Å². The van der Waals surface area contributed by atoms with Crippen LogP contribution in [-0.4, -0.2) is 43.3 Å². The largest absolute Gasteiger partial charge is 0.373 e. The molecule has 1 aliphatic heterocycles. The van der Waals surface area contributed by atoms with Crippen molar-refractivity contribution in [2.24, 2.45) is 0 Å². The van der Waals surface area contributed by atoms with E-state index in [9.17, 15) is 0 Å². The number of likely N-dealkylation sites (N-methyl/N-ethyl adjacent to an activating group) is 1. The molecule has 1 aliphatic rings. The van der Waals surface area contributed by atoms with Crippen LogP contribution < -0.4 is 5.32 Å². The van der Waals surface area contributed by atoms with Gasteiger partial charge in [-0.3, -0.25) is 4.90 Å². The van der Waals surface area contributed by atoms with Crippen LogP contribution in [0.4, 0.5) is 0 Å². The zero-order valence-electron chi connectivity index (χ0n) is 13.3. The Bertz CT molecular complexity index is 431. The van der Waals surface area contributed by atoms with Crippen molar-refractivity contribution in [2.45, 2.75) is 39.3 Å². The summed E-state index contributed by atoms with van der Waals surface area (Å²) < 4.78 is 5.80. The van der Waals surface area contributed by atoms with Gasteiger partial charge in [0.2, 0.25) is 0 Å². The van der Waals surface area contributed by atoms with Gasteiger partial charge in [-0.1, -0.05) is 31.2 Å². The predicted molar refractivity (Wildman–Crippen MR) is 84.1 cm³/mol. The molecule has 1 fully saturated rings. The molecule has 1 atom stereocenters. The maximum absolute atomic E-state index is 5.80. The molecule has 1 heterocycles. The molecule has 112 valence electrons. The molecule has 0 aliphatic carbocycles. The van der Waals surface area contributed by atoms with E-state index in [-0.39, 0.29) is 5.60 Å². The number of nitrogens with one attached hydrogen (secondary N) is 1. The van der Waals surface area contributed by atoms with E-state index >= 15 is 0 Å². The molecule has 1 unspecified atom stereocenters. The van der Waals surface area contributed by atoms with Crippen molar-refractivity contribution in [3.8, 4) is 0 Å². The number of hydrogen-bond donors (Lipinski definition) is 1. The molecule has 3 heteroatoms. The quantitative estimate of drug-likeness (QED) is 0.895. The fourth-order valence-electron chi connectivity index (χ4n) is 3.03. The lowest BCUT2D eigenvalue weighted by atomic mass is 9.99. The van der Waals surface area contributed by atoms with Crippen molar-refractivity contribution in [3.05, 3.63) is 35.4 Å². The van der Waals surface area contributed by atoms with Crippen molar-refractivity contribution in [1.29, 1.82) is 0 Å². The summed E-state index contributed by atoms with van der Waals surface area (Å²) in [5.74, 6) is 0. The number of ether oxygens (including phenoxy) is 1. The van der Waals surface area contributed by atoms with Gasteiger partial charge < -0.3 is 10.1 Å². The first-order valence-corrected chi connectivity index (χ1v) is 7.67. The van der Waals surface area contributed by atoms with Crippen molar-refractivity contribution in [2.75, 3.05) is 32.8 Å². The van der Waals surface area contributed by atoms with Crippen LogP contribution in [-0.2, 0) is 4.74 Å². The fraction of sp³-hybridized carbons (Fsp3) is 0.647. The minimum atomic E-state index is -0.0270. The van der Waals surface area contributed by atoms with E-state index in [0.717, 1.165) is 32.8 Å². The highest BCUT2D eigenvalue weighted by molar-refractivity contribution is 5.29. The summed E-state index contributed by atoms with van der Waals surface area (Å²) in [5.41, 5.74) is 2.76. The lowest BCUT2D eigenvalue weighted by Crippen LogP contribution is -2.50. The first kappa shape index (κ1) is 15.5. The third-order valence-corrected chi connectivity index (χ3v) is 3.96. The maximum Gasteiger partial charge on any atom is 0.0753 e. The zero-order chi connectivity index (χ0) is 14.6. The third kappa shape index (κ3) is 4.05. The van der Waals surface area contributed by atoms with E-state index in [1.54, 1.807) is 0 Å². The number of nitrogens with zero attached hydrogens (tertiary/aromatic N) is 1. The van der Waals surface area contributed by atoms with Crippen molar-refractivity contribution >= 4 is 0 Å². The Balaban J connectivity index is 2.08. The Morgan fingerprint density at radius 1 is 1.35 bits per heavy atom. The Hall–Kier alpha value is -0.900. The number of rotatable bonds is 5. The zero-order valence-corrected chi connectivity index (χ0v) is 13.3. The lowest BCUT2D eigenvalue weighted by Gasteiger charge is -2.40. The molecule has 2 rings (SSSR count). The second kappa shape index (κ2) is 6.70. The lowest BCUT2D eigenvalue weighted by molar-refractivity contribution is -0.0876. The standard InChI is InChI=1S/C17H28N2O/c1-5-18-16(15-9-7-6-8-14(15)2)12-19-10-11-20-17(3,4)13-19/h6-9,16,18H,5,10-13H2,1-4H3. The Morgan fingerprint density at radius 3 is 2.75 bits per heavy atom. The predicted octanol–water partition coefficient (Wildman–Crippen LogP) is 2.76. The van der Waals surface area contributed by atoms with E-state index in [0.29, 0.717) is 6.04 Å². The highest BCUT2D eigenvalue weighted by Gasteiger charge is 2.28. The van der Waals surface area contributed by atoms with Gasteiger partial charge in [-0.15, -0.1) is 0 Å². The molecule has 0 amide bonds. The molecule has 0 spiro atoms. The molecule has 1 saturated heterocycles. The van der Waals surface area contributed by atoms with Gasteiger partial charge in [-0.2, -0.15) is 0 Å². The van der Waals surface area contributed by atoms with Crippen LogP contribution in [0.1, 0.15) is 37.9 Å². The average molecular weight is 276 g/mol. The molecule has 1 aromatic rings. The van der Waals surface area contributed by atoms with Gasteiger partial charge in [-0.05, 0) is 38.4 Å². The summed E-state index contributed by atoms with van der Waals surface area (Å²) >= 11 is 0. The molecule has 0 aromatic heterocycles. The molecular formula is C17H28N2O. The van der Waals surface area contributed by atoms with Crippen molar-refractivity contribution in [1.82, 2.24) is 10.2 Å². The summed E-state index contributed by atoms with van der Waals surface area (Å²) in [4.78, 5) is 2.52. The summed E-state index contributed by atoms with van der Waals surface area (Å²) in [6, 6.07) is 9.09. The second-order valence-corrected chi connectivity index (χ2v) is 6.31. The molecule has 1 N–H and O–H groups in total. The SMILES string of the molecule is CCNC(CN1CCOC(C)(C)C1)c1ccccc1C. The van der Waals surface area contributed by atoms with Crippen LogP contribution in [0, 0.1) is 6.92 Å². The third-order valence-electron chi connectivity index (χ3n) is 3.96. The van der Waals surface area contributed by atoms with Crippen LogP contribution in [0.2, 0.25) is 0 Å². The fourth-order valence-corrected chi connectivity index (χ4v) is 3.03. The summed E-state index contributed by atoms with van der Waals surface area (Å²) in [7, 11) is 0. The monoisotopic (exact) mass is 276 g/mol. The highest BCUT2D eigenvalue weighted by Crippen LogP contribution is 2.22. The van der Waals surface area contributed by atoms with Gasteiger partial charge in [0.1, 0.15) is 0 Å². The van der Waals surface area contributed by atoms with E-state index in [1.807, 2.05) is 0 Å². The van der Waals surface area contributed by atoms with Crippen LogP contribution in [0.5, 0.6) is 0 Å². The summed E-state index contributed by atoms with van der Waals surface area (Å²) in [6.45, 7) is 13.6. The number of aryl methyl sites for hydroxylation is 1. The number of hydrogen-bond acceptors (Lipinski definition) is 3. The molecule has 3 nitrogen and oxygen atoms in total. The van der Waals surface area contributed by atoms with Gasteiger partial charge in [0, 0.05) is 25.7 Å². The second-order valence-electron chi connectivity index (χ2n) is 6.31. The van der Waals surface area contributed by atoms with Crippen molar-refractivity contribution in [3.63, 3.8) is 0 Å². The highest BCUT2D eigenvalue weighted by atomic mass is 16.5. The normalized spacial score (nSPS) is 20.8. The molecule has 1 aromatic carbocycles. The summed E-state index contributed by atoms with van der Waals surface area (Å²) in [6.07, 6.45) is 0. The first-order chi connectivity index (χ1) is 9.52. The maximum atomic E-state index is 5.80. The molecule has 0 bridgehead atoms. The minimum absolute atomic E-state index is 0.0270. The number of benzene rings is 1. The Morgan fingerprint density at radius 2 is 2.10 bits per heavy atom. The minimum Gasteiger partial charge on any atom is -0.373 e. The van der Waals surface area contributed by atoms with Crippen LogP contribution in [0.25, 0.3) is 0 Å². The van der Waals surface area contributed by atoms with E-state index in [1.165, 1.54) is 11.1 Å². The van der Waals surface area contributed by atoms with Crippen LogP contribution >= 0.6 is 0 Å². The van der Waals surface area contributed by atoms with E-state index < -0.39 is 0 Å². The molecule has 0 radical (unpaired) electrons.